The molecule has 0 aliphatic heterocycles. The van der Waals surface area contributed by atoms with E-state index in [9.17, 15) is 13.2 Å². The molecule has 0 rings (SSSR count). The molecule has 0 fully saturated rings. The van der Waals surface area contributed by atoms with Gasteiger partial charge in [-0.15, -0.1) is 0 Å². The van der Waals surface area contributed by atoms with Crippen molar-refractivity contribution >= 4 is 16.1 Å². The molecule has 0 aromatic carbocycles. The van der Waals surface area contributed by atoms with Crippen molar-refractivity contribution in [3.63, 3.8) is 0 Å². The minimum Gasteiger partial charge on any atom is -0.346 e. The van der Waals surface area contributed by atoms with Gasteiger partial charge in [0.1, 0.15) is 0 Å². The second-order valence-electron chi connectivity index (χ2n) is 3.90. The van der Waals surface area contributed by atoms with Crippen LogP contribution in [0.15, 0.2) is 0 Å². The van der Waals surface area contributed by atoms with Gasteiger partial charge in [-0.05, 0) is 5.41 Å². The summed E-state index contributed by atoms with van der Waals surface area (Å²) < 4.78 is 25.1. The van der Waals surface area contributed by atoms with E-state index >= 15 is 0 Å². The summed E-state index contributed by atoms with van der Waals surface area (Å²) in [5.41, 5.74) is -0.248. The fraction of sp³-hybridized carbons (Fsp3) is 0.857. The number of carbonyl (C=O) groups is 1. The van der Waals surface area contributed by atoms with E-state index < -0.39 is 16.1 Å². The Morgan fingerprint density at radius 3 is 2.00 bits per heavy atom. The van der Waals surface area contributed by atoms with Gasteiger partial charge >= 0.3 is 16.1 Å². The predicted molar refractivity (Wildman–Crippen MR) is 45.0 cm³/mol. The van der Waals surface area contributed by atoms with Crippen LogP contribution in [-0.2, 0) is 19.1 Å². The summed E-state index contributed by atoms with van der Waals surface area (Å²) in [6.07, 6.45) is 0.952. The van der Waals surface area contributed by atoms with Gasteiger partial charge in [-0.1, -0.05) is 20.8 Å². The second kappa shape index (κ2) is 3.43. The molecule has 0 saturated carbocycles. The predicted octanol–water partition coefficient (Wildman–Crippen LogP) is 0.925. The minimum atomic E-state index is -3.65. The van der Waals surface area contributed by atoms with Gasteiger partial charge in [-0.2, -0.15) is 8.42 Å². The maximum absolute atomic E-state index is 10.9. The van der Waals surface area contributed by atoms with E-state index in [0.717, 1.165) is 6.26 Å². The first kappa shape index (κ1) is 11.4. The Labute approximate surface area is 73.0 Å². The first-order valence-corrected chi connectivity index (χ1v) is 5.34. The molecule has 12 heavy (non-hydrogen) atoms. The van der Waals surface area contributed by atoms with Crippen LogP contribution in [0.5, 0.6) is 0 Å². The molecular formula is C7H14O4S. The monoisotopic (exact) mass is 194 g/mol. The molecule has 0 aliphatic rings. The maximum Gasteiger partial charge on any atom is 0.322 e. The molecule has 0 aromatic heterocycles. The van der Waals surface area contributed by atoms with Gasteiger partial charge in [0, 0.05) is 0 Å². The second-order valence-corrected chi connectivity index (χ2v) is 5.47. The van der Waals surface area contributed by atoms with E-state index in [0.29, 0.717) is 0 Å². The van der Waals surface area contributed by atoms with Crippen LogP contribution < -0.4 is 0 Å². The van der Waals surface area contributed by atoms with Gasteiger partial charge < -0.3 is 4.18 Å². The smallest absolute Gasteiger partial charge is 0.322 e. The number of rotatable bonds is 2. The lowest BCUT2D eigenvalue weighted by Gasteiger charge is -2.15. The highest BCUT2D eigenvalue weighted by molar-refractivity contribution is 7.86. The van der Waals surface area contributed by atoms with E-state index in [-0.39, 0.29) is 11.8 Å². The van der Waals surface area contributed by atoms with Gasteiger partial charge in [0.25, 0.3) is 0 Å². The minimum absolute atomic E-state index is 0.0973. The first-order chi connectivity index (χ1) is 5.10. The third-order valence-electron chi connectivity index (χ3n) is 0.919. The molecule has 72 valence electrons. The number of carbonyl (C=O) groups excluding carboxylic acids is 1. The number of hydrogen-bond donors (Lipinski definition) is 0. The van der Waals surface area contributed by atoms with Gasteiger partial charge in [0.2, 0.25) is 0 Å². The maximum atomic E-state index is 10.9. The summed E-state index contributed by atoms with van der Waals surface area (Å²) in [5, 5.41) is 0. The first-order valence-electron chi connectivity index (χ1n) is 3.52. The number of hydrogen-bond acceptors (Lipinski definition) is 4. The fourth-order valence-corrected chi connectivity index (χ4v) is 1.03. The molecule has 4 nitrogen and oxygen atoms in total. The Morgan fingerprint density at radius 2 is 1.75 bits per heavy atom. The van der Waals surface area contributed by atoms with E-state index in [4.69, 9.17) is 0 Å². The zero-order valence-electron chi connectivity index (χ0n) is 7.75. The van der Waals surface area contributed by atoms with Crippen molar-refractivity contribution < 1.29 is 17.4 Å². The van der Waals surface area contributed by atoms with Crippen molar-refractivity contribution in [1.29, 1.82) is 0 Å². The molecule has 0 bridgehead atoms. The van der Waals surface area contributed by atoms with Crippen LogP contribution in [0, 0.1) is 5.41 Å². The molecule has 0 radical (unpaired) electrons. The van der Waals surface area contributed by atoms with E-state index in [1.54, 1.807) is 0 Å². The van der Waals surface area contributed by atoms with Crippen LogP contribution in [0.25, 0.3) is 0 Å². The summed E-state index contributed by atoms with van der Waals surface area (Å²) in [6, 6.07) is 0. The standard InChI is InChI=1S/C7H14O4S/c1-7(2,3)5-6(8)11-12(4,9)10/h5H2,1-4H3. The van der Waals surface area contributed by atoms with Crippen LogP contribution in [0.2, 0.25) is 0 Å². The molecule has 0 aliphatic carbocycles. The lowest BCUT2D eigenvalue weighted by molar-refractivity contribution is -0.135. The van der Waals surface area contributed by atoms with Gasteiger partial charge in [0.15, 0.2) is 0 Å². The molecule has 0 aromatic rings. The van der Waals surface area contributed by atoms with Crippen LogP contribution in [-0.4, -0.2) is 20.6 Å². The molecule has 0 amide bonds. The Balaban J connectivity index is 4.10. The highest BCUT2D eigenvalue weighted by atomic mass is 32.2. The Bertz CT molecular complexity index is 258. The molecule has 0 N–H and O–H groups in total. The molecule has 5 heteroatoms. The quantitative estimate of drug-likeness (QED) is 0.613. The van der Waals surface area contributed by atoms with E-state index in [2.05, 4.69) is 4.18 Å². The SMILES string of the molecule is CC(C)(C)CC(=O)OS(C)(=O)=O. The molecule has 0 saturated heterocycles. The van der Waals surface area contributed by atoms with Crippen molar-refractivity contribution in [2.45, 2.75) is 27.2 Å². The van der Waals surface area contributed by atoms with E-state index in [1.165, 1.54) is 0 Å². The normalized spacial score (nSPS) is 12.7. The molecule has 0 unspecified atom stereocenters. The third kappa shape index (κ3) is 7.53. The van der Waals surface area contributed by atoms with E-state index in [1.807, 2.05) is 20.8 Å². The Kier molecular flexibility index (Phi) is 3.26. The Hall–Kier alpha value is -0.580. The average Bonchev–Trinajstić information content (AvgIpc) is 1.49. The van der Waals surface area contributed by atoms with Crippen molar-refractivity contribution in [3.8, 4) is 0 Å². The molecule has 0 atom stereocenters. The largest absolute Gasteiger partial charge is 0.346 e. The van der Waals surface area contributed by atoms with Crippen LogP contribution in [0.3, 0.4) is 0 Å². The van der Waals surface area contributed by atoms with Crippen molar-refractivity contribution in [3.05, 3.63) is 0 Å². The van der Waals surface area contributed by atoms with Crippen molar-refractivity contribution in [2.24, 2.45) is 5.41 Å². The topological polar surface area (TPSA) is 60.4 Å². The van der Waals surface area contributed by atoms with Gasteiger partial charge in [-0.3, -0.25) is 4.79 Å². The van der Waals surface area contributed by atoms with Crippen LogP contribution in [0.1, 0.15) is 27.2 Å². The summed E-state index contributed by atoms with van der Waals surface area (Å²) >= 11 is 0. The van der Waals surface area contributed by atoms with Crippen LogP contribution >= 0.6 is 0 Å². The molecule has 0 heterocycles. The van der Waals surface area contributed by atoms with Crippen molar-refractivity contribution in [1.82, 2.24) is 0 Å². The fourth-order valence-electron chi connectivity index (χ4n) is 0.631. The van der Waals surface area contributed by atoms with Crippen LogP contribution in [0.4, 0.5) is 0 Å². The summed E-state index contributed by atoms with van der Waals surface area (Å²) in [7, 11) is -3.65. The molecule has 0 spiro atoms. The van der Waals surface area contributed by atoms with Crippen molar-refractivity contribution in [2.75, 3.05) is 6.26 Å². The third-order valence-corrected chi connectivity index (χ3v) is 1.41. The summed E-state index contributed by atoms with van der Waals surface area (Å²) in [4.78, 5) is 10.9. The summed E-state index contributed by atoms with van der Waals surface area (Å²) in [6.45, 7) is 5.49. The zero-order valence-corrected chi connectivity index (χ0v) is 8.56. The van der Waals surface area contributed by atoms with Gasteiger partial charge in [0.05, 0.1) is 12.7 Å². The molecular weight excluding hydrogens is 180 g/mol. The highest BCUT2D eigenvalue weighted by Gasteiger charge is 2.19. The summed E-state index contributed by atoms with van der Waals surface area (Å²) in [5.74, 6) is -0.704. The van der Waals surface area contributed by atoms with Gasteiger partial charge in [-0.25, -0.2) is 0 Å². The zero-order chi connectivity index (χ0) is 9.99. The highest BCUT2D eigenvalue weighted by Crippen LogP contribution is 2.19. The lowest BCUT2D eigenvalue weighted by atomic mass is 9.93. The Morgan fingerprint density at radius 1 is 1.33 bits per heavy atom. The lowest BCUT2D eigenvalue weighted by Crippen LogP contribution is -2.18. The average molecular weight is 194 g/mol.